The highest BCUT2D eigenvalue weighted by Gasteiger charge is 2.49. The molecule has 4 heteroatoms. The minimum Gasteiger partial charge on any atom is -0.481 e. The zero-order valence-corrected chi connectivity index (χ0v) is 19.3. The molecule has 0 aromatic heterocycles. The van der Waals surface area contributed by atoms with E-state index in [-0.39, 0.29) is 17.3 Å². The first-order valence-corrected chi connectivity index (χ1v) is 11.6. The van der Waals surface area contributed by atoms with Gasteiger partial charge < -0.3 is 4.74 Å². The highest BCUT2D eigenvalue weighted by molar-refractivity contribution is 6.17. The average molecular weight is 461 g/mol. The van der Waals surface area contributed by atoms with E-state index in [1.165, 1.54) is 0 Å². The van der Waals surface area contributed by atoms with Gasteiger partial charge in [0.05, 0.1) is 5.92 Å². The SMILES string of the molecule is Cc1ccc(C(=O)C2Oc3ccccc3C2C(C(=O)c2ccccc2)C(=O)c2ccccc2)cc1. The Bertz CT molecular complexity index is 1320. The Kier molecular flexibility index (Phi) is 6.11. The summed E-state index contributed by atoms with van der Waals surface area (Å²) in [7, 11) is 0. The lowest BCUT2D eigenvalue weighted by Gasteiger charge is -2.26. The van der Waals surface area contributed by atoms with Gasteiger partial charge in [-0.2, -0.15) is 0 Å². The maximum Gasteiger partial charge on any atom is 0.203 e. The van der Waals surface area contributed by atoms with E-state index < -0.39 is 17.9 Å². The molecule has 5 rings (SSSR count). The summed E-state index contributed by atoms with van der Waals surface area (Å²) in [5.74, 6) is -2.27. The van der Waals surface area contributed by atoms with Crippen LogP contribution in [0.1, 0.15) is 48.1 Å². The molecule has 4 aromatic carbocycles. The molecule has 2 unspecified atom stereocenters. The van der Waals surface area contributed by atoms with Crippen molar-refractivity contribution in [2.45, 2.75) is 18.9 Å². The largest absolute Gasteiger partial charge is 0.481 e. The van der Waals surface area contributed by atoms with Crippen molar-refractivity contribution in [1.82, 2.24) is 0 Å². The maximum atomic E-state index is 13.9. The predicted octanol–water partition coefficient (Wildman–Crippen LogP) is 6.10. The van der Waals surface area contributed by atoms with Crippen molar-refractivity contribution in [1.29, 1.82) is 0 Å². The van der Waals surface area contributed by atoms with Crippen LogP contribution in [0.5, 0.6) is 5.75 Å². The smallest absolute Gasteiger partial charge is 0.203 e. The molecule has 2 atom stereocenters. The van der Waals surface area contributed by atoms with Crippen LogP contribution < -0.4 is 4.74 Å². The molecule has 0 amide bonds. The van der Waals surface area contributed by atoms with Crippen molar-refractivity contribution in [3.8, 4) is 5.75 Å². The molecule has 4 nitrogen and oxygen atoms in total. The van der Waals surface area contributed by atoms with Crippen molar-refractivity contribution < 1.29 is 19.1 Å². The minimum absolute atomic E-state index is 0.252. The van der Waals surface area contributed by atoms with Gasteiger partial charge in [-0.3, -0.25) is 14.4 Å². The molecular formula is C31H24O4. The molecule has 0 radical (unpaired) electrons. The fourth-order valence-electron chi connectivity index (χ4n) is 4.70. The van der Waals surface area contributed by atoms with Crippen LogP contribution in [0.3, 0.4) is 0 Å². The van der Waals surface area contributed by atoms with E-state index in [1.54, 1.807) is 66.7 Å². The van der Waals surface area contributed by atoms with Crippen LogP contribution in [0.15, 0.2) is 109 Å². The molecule has 4 aromatic rings. The van der Waals surface area contributed by atoms with Crippen LogP contribution in [0.4, 0.5) is 0 Å². The molecule has 0 saturated carbocycles. The molecule has 1 aliphatic rings. The predicted molar refractivity (Wildman–Crippen MR) is 134 cm³/mol. The van der Waals surface area contributed by atoms with Gasteiger partial charge in [0.2, 0.25) is 5.78 Å². The van der Waals surface area contributed by atoms with Gasteiger partial charge in [-0.25, -0.2) is 0 Å². The van der Waals surface area contributed by atoms with Gasteiger partial charge in [-0.05, 0) is 13.0 Å². The van der Waals surface area contributed by atoms with Crippen LogP contribution in [-0.2, 0) is 0 Å². The first-order chi connectivity index (χ1) is 17.0. The summed E-state index contributed by atoms with van der Waals surface area (Å²) >= 11 is 0. The third-order valence-electron chi connectivity index (χ3n) is 6.49. The molecule has 172 valence electrons. The number of hydrogen-bond acceptors (Lipinski definition) is 4. The van der Waals surface area contributed by atoms with Gasteiger partial charge in [0.15, 0.2) is 17.7 Å². The van der Waals surface area contributed by atoms with Gasteiger partial charge in [0.1, 0.15) is 5.75 Å². The molecule has 0 spiro atoms. The van der Waals surface area contributed by atoms with E-state index in [0.717, 1.165) is 5.56 Å². The zero-order valence-electron chi connectivity index (χ0n) is 19.3. The van der Waals surface area contributed by atoms with Crippen molar-refractivity contribution in [2.75, 3.05) is 0 Å². The van der Waals surface area contributed by atoms with Crippen molar-refractivity contribution in [2.24, 2.45) is 5.92 Å². The molecule has 0 aliphatic carbocycles. The fraction of sp³-hybridized carbons (Fsp3) is 0.129. The van der Waals surface area contributed by atoms with E-state index >= 15 is 0 Å². The summed E-state index contributed by atoms with van der Waals surface area (Å²) in [4.78, 5) is 41.5. The maximum absolute atomic E-state index is 13.9. The fourth-order valence-corrected chi connectivity index (χ4v) is 4.70. The van der Waals surface area contributed by atoms with Gasteiger partial charge in [-0.1, -0.05) is 109 Å². The van der Waals surface area contributed by atoms with Crippen LogP contribution in [0.25, 0.3) is 0 Å². The topological polar surface area (TPSA) is 60.4 Å². The molecule has 1 aliphatic heterocycles. The average Bonchev–Trinajstić information content (AvgIpc) is 3.29. The quantitative estimate of drug-likeness (QED) is 0.247. The van der Waals surface area contributed by atoms with Crippen molar-refractivity contribution in [3.63, 3.8) is 0 Å². The number of carbonyl (C=O) groups excluding carboxylic acids is 3. The number of hydrogen-bond donors (Lipinski definition) is 0. The number of rotatable bonds is 7. The highest BCUT2D eigenvalue weighted by atomic mass is 16.5. The number of aryl methyl sites for hydroxylation is 1. The second-order valence-corrected chi connectivity index (χ2v) is 8.77. The Hall–Kier alpha value is -4.31. The van der Waals surface area contributed by atoms with Gasteiger partial charge >= 0.3 is 0 Å². The van der Waals surface area contributed by atoms with Crippen molar-refractivity contribution in [3.05, 3.63) is 137 Å². The zero-order chi connectivity index (χ0) is 24.4. The summed E-state index contributed by atoms with van der Waals surface area (Å²) in [5.41, 5.74) is 3.05. The first-order valence-electron chi connectivity index (χ1n) is 11.6. The summed E-state index contributed by atoms with van der Waals surface area (Å²) in [5, 5.41) is 0. The molecular weight excluding hydrogens is 436 g/mol. The number of ether oxygens (including phenoxy) is 1. The van der Waals surface area contributed by atoms with Gasteiger partial charge in [0, 0.05) is 28.2 Å². The molecule has 0 bridgehead atoms. The summed E-state index contributed by atoms with van der Waals surface area (Å²) in [6.45, 7) is 1.95. The first kappa shape index (κ1) is 22.5. The van der Waals surface area contributed by atoms with E-state index in [2.05, 4.69) is 0 Å². The van der Waals surface area contributed by atoms with Gasteiger partial charge in [-0.15, -0.1) is 0 Å². The Morgan fingerprint density at radius 3 is 1.71 bits per heavy atom. The van der Waals surface area contributed by atoms with Crippen LogP contribution >= 0.6 is 0 Å². The third kappa shape index (κ3) is 4.31. The lowest BCUT2D eigenvalue weighted by atomic mass is 9.74. The normalized spacial score (nSPS) is 16.4. The Labute approximate surface area is 204 Å². The number of fused-ring (bicyclic) bond motifs is 1. The molecule has 35 heavy (non-hydrogen) atoms. The van der Waals surface area contributed by atoms with E-state index in [0.29, 0.717) is 28.0 Å². The molecule has 0 fully saturated rings. The summed E-state index contributed by atoms with van der Waals surface area (Å²) < 4.78 is 6.17. The second-order valence-electron chi connectivity index (χ2n) is 8.77. The van der Waals surface area contributed by atoms with Crippen LogP contribution in [0, 0.1) is 12.8 Å². The number of para-hydroxylation sites is 1. The lowest BCUT2D eigenvalue weighted by Crippen LogP contribution is -2.40. The third-order valence-corrected chi connectivity index (χ3v) is 6.49. The molecule has 0 N–H and O–H groups in total. The molecule has 0 saturated heterocycles. The van der Waals surface area contributed by atoms with E-state index in [9.17, 15) is 14.4 Å². The van der Waals surface area contributed by atoms with E-state index in [4.69, 9.17) is 4.74 Å². The second kappa shape index (κ2) is 9.51. The Morgan fingerprint density at radius 2 is 1.14 bits per heavy atom. The summed E-state index contributed by atoms with van der Waals surface area (Å²) in [6, 6.07) is 32.1. The minimum atomic E-state index is -1.12. The highest BCUT2D eigenvalue weighted by Crippen LogP contribution is 2.45. The number of carbonyl (C=O) groups is 3. The van der Waals surface area contributed by atoms with Crippen molar-refractivity contribution >= 4 is 17.3 Å². The lowest BCUT2D eigenvalue weighted by molar-refractivity contribution is 0.0669. The van der Waals surface area contributed by atoms with Crippen LogP contribution in [0.2, 0.25) is 0 Å². The van der Waals surface area contributed by atoms with Gasteiger partial charge in [0.25, 0.3) is 0 Å². The Morgan fingerprint density at radius 1 is 0.629 bits per heavy atom. The number of ketones is 3. The standard InChI is InChI=1S/C31H24O4/c1-20-16-18-23(19-17-20)30(34)31-26(24-14-8-9-15-25(24)35-31)27(28(32)21-10-4-2-5-11-21)29(33)22-12-6-3-7-13-22/h2-19,26-27,31H,1H3. The summed E-state index contributed by atoms with van der Waals surface area (Å²) in [6.07, 6.45) is -1.000. The number of Topliss-reactive ketones (excluding diaryl/α,β-unsaturated/α-hetero) is 3. The van der Waals surface area contributed by atoms with Crippen LogP contribution in [-0.4, -0.2) is 23.5 Å². The molecule has 1 heterocycles. The number of benzene rings is 4. The van der Waals surface area contributed by atoms with E-state index in [1.807, 2.05) is 49.4 Å². The monoisotopic (exact) mass is 460 g/mol. The Balaban J connectivity index is 1.65.